The van der Waals surface area contributed by atoms with Crippen molar-refractivity contribution in [3.05, 3.63) is 56.4 Å². The third-order valence-electron chi connectivity index (χ3n) is 4.35. The average Bonchev–Trinajstić information content (AvgIpc) is 3.02. The number of amides is 2. The highest BCUT2D eigenvalue weighted by Crippen LogP contribution is 2.39. The summed E-state index contributed by atoms with van der Waals surface area (Å²) in [5, 5.41) is 3.32. The molecule has 168 valence electrons. The maximum atomic E-state index is 12.6. The highest BCUT2D eigenvalue weighted by Gasteiger charge is 2.31. The van der Waals surface area contributed by atoms with Gasteiger partial charge in [-0.05, 0) is 70.4 Å². The molecule has 2 aromatic rings. The van der Waals surface area contributed by atoms with Crippen LogP contribution in [0.15, 0.2) is 45.8 Å². The van der Waals surface area contributed by atoms with Crippen LogP contribution in [0.5, 0.6) is 11.5 Å². The van der Waals surface area contributed by atoms with E-state index >= 15 is 0 Å². The number of anilines is 1. The lowest BCUT2D eigenvalue weighted by Gasteiger charge is -2.14. The summed E-state index contributed by atoms with van der Waals surface area (Å²) < 4.78 is 12.3. The lowest BCUT2D eigenvalue weighted by molar-refractivity contribution is -0.122. The molecule has 1 saturated heterocycles. The first-order valence-electron chi connectivity index (χ1n) is 9.63. The topological polar surface area (TPSA) is 67.9 Å². The lowest BCUT2D eigenvalue weighted by Crippen LogP contribution is -2.28. The number of hydrogen-bond donors (Lipinski definition) is 1. The van der Waals surface area contributed by atoms with Gasteiger partial charge in [0.15, 0.2) is 18.1 Å². The number of thioether (sulfide) groups is 1. The van der Waals surface area contributed by atoms with E-state index in [1.165, 1.54) is 18.9 Å². The van der Waals surface area contributed by atoms with Gasteiger partial charge in [-0.1, -0.05) is 42.5 Å². The van der Waals surface area contributed by atoms with Crippen LogP contribution < -0.4 is 14.8 Å². The van der Waals surface area contributed by atoms with Gasteiger partial charge in [-0.15, -0.1) is 0 Å². The zero-order chi connectivity index (χ0) is 23.3. The predicted molar refractivity (Wildman–Crippen MR) is 136 cm³/mol. The molecule has 1 heterocycles. The summed E-state index contributed by atoms with van der Waals surface area (Å²) in [6.45, 7) is 2.38. The molecule has 0 spiro atoms. The minimum atomic E-state index is -0.329. The van der Waals surface area contributed by atoms with Gasteiger partial charge in [-0.2, -0.15) is 0 Å². The van der Waals surface area contributed by atoms with Gasteiger partial charge in [0.1, 0.15) is 4.32 Å². The molecule has 0 saturated carbocycles. The second-order valence-electron chi connectivity index (χ2n) is 6.71. The van der Waals surface area contributed by atoms with Gasteiger partial charge < -0.3 is 14.8 Å². The SMILES string of the molecule is CCCN1C(=O)/C(=C/c2cc(Br)c(OCC(=O)Nc3ccc(Cl)cc3)c(OC)c2)SC1=S. The fourth-order valence-corrected chi connectivity index (χ4v) is 4.91. The predicted octanol–water partition coefficient (Wildman–Crippen LogP) is 5.74. The Bertz CT molecular complexity index is 1080. The number of ether oxygens (including phenoxy) is 2. The molecule has 1 N–H and O–H groups in total. The normalized spacial score (nSPS) is 14.8. The molecule has 2 amide bonds. The molecule has 32 heavy (non-hydrogen) atoms. The third-order valence-corrected chi connectivity index (χ3v) is 6.56. The van der Waals surface area contributed by atoms with Crippen molar-refractivity contribution < 1.29 is 19.1 Å². The van der Waals surface area contributed by atoms with Crippen molar-refractivity contribution in [3.8, 4) is 11.5 Å². The highest BCUT2D eigenvalue weighted by atomic mass is 79.9. The molecule has 0 radical (unpaired) electrons. The molecule has 0 aliphatic carbocycles. The molecule has 1 fully saturated rings. The number of nitrogens with zero attached hydrogens (tertiary/aromatic N) is 1. The van der Waals surface area contributed by atoms with E-state index in [0.29, 0.717) is 42.5 Å². The quantitative estimate of drug-likeness (QED) is 0.331. The standard InChI is InChI=1S/C22H20BrClN2O4S2/c1-3-8-26-21(28)18(32-22(26)31)11-13-9-16(23)20(17(10-13)29-2)30-12-19(27)25-15-6-4-14(24)5-7-15/h4-7,9-11H,3,8,12H2,1-2H3,(H,25,27)/b18-11-. The van der Waals surface area contributed by atoms with E-state index in [1.54, 1.807) is 47.4 Å². The van der Waals surface area contributed by atoms with Gasteiger partial charge in [0.05, 0.1) is 16.5 Å². The summed E-state index contributed by atoms with van der Waals surface area (Å²) in [5.74, 6) is 0.379. The monoisotopic (exact) mass is 554 g/mol. The summed E-state index contributed by atoms with van der Waals surface area (Å²) in [6, 6.07) is 10.3. The van der Waals surface area contributed by atoms with Crippen LogP contribution >= 0.6 is 51.5 Å². The van der Waals surface area contributed by atoms with Crippen LogP contribution in [0, 0.1) is 0 Å². The van der Waals surface area contributed by atoms with Crippen molar-refractivity contribution in [2.45, 2.75) is 13.3 Å². The first kappa shape index (κ1) is 24.6. The van der Waals surface area contributed by atoms with E-state index in [0.717, 1.165) is 12.0 Å². The Balaban J connectivity index is 1.72. The molecule has 2 aromatic carbocycles. The van der Waals surface area contributed by atoms with Gasteiger partial charge >= 0.3 is 0 Å². The summed E-state index contributed by atoms with van der Waals surface area (Å²) in [6.07, 6.45) is 2.59. The molecule has 10 heteroatoms. The minimum absolute atomic E-state index is 0.101. The summed E-state index contributed by atoms with van der Waals surface area (Å²) >= 11 is 15.9. The first-order chi connectivity index (χ1) is 15.3. The Labute approximate surface area is 209 Å². The third kappa shape index (κ3) is 6.04. The van der Waals surface area contributed by atoms with E-state index in [9.17, 15) is 9.59 Å². The number of carbonyl (C=O) groups excluding carboxylic acids is 2. The molecular formula is C22H20BrClN2O4S2. The lowest BCUT2D eigenvalue weighted by atomic mass is 10.2. The number of benzene rings is 2. The first-order valence-corrected chi connectivity index (χ1v) is 12.0. The Morgan fingerprint density at radius 3 is 2.69 bits per heavy atom. The summed E-state index contributed by atoms with van der Waals surface area (Å²) in [5.41, 5.74) is 1.36. The number of carbonyl (C=O) groups is 2. The zero-order valence-corrected chi connectivity index (χ0v) is 21.3. The van der Waals surface area contributed by atoms with Gasteiger partial charge in [0, 0.05) is 17.3 Å². The van der Waals surface area contributed by atoms with Crippen LogP contribution in [0.1, 0.15) is 18.9 Å². The molecular weight excluding hydrogens is 536 g/mol. The Hall–Kier alpha value is -2.07. The fourth-order valence-electron chi connectivity index (χ4n) is 2.90. The maximum absolute atomic E-state index is 12.6. The zero-order valence-electron chi connectivity index (χ0n) is 17.3. The minimum Gasteiger partial charge on any atom is -0.493 e. The van der Waals surface area contributed by atoms with Crippen LogP contribution in [-0.4, -0.2) is 41.3 Å². The molecule has 0 unspecified atom stereocenters. The van der Waals surface area contributed by atoms with Crippen molar-refractivity contribution in [2.24, 2.45) is 0 Å². The molecule has 0 atom stereocenters. The maximum Gasteiger partial charge on any atom is 0.266 e. The van der Waals surface area contributed by atoms with Crippen LogP contribution in [-0.2, 0) is 9.59 Å². The smallest absolute Gasteiger partial charge is 0.266 e. The van der Waals surface area contributed by atoms with Crippen molar-refractivity contribution in [2.75, 3.05) is 25.6 Å². The summed E-state index contributed by atoms with van der Waals surface area (Å²) in [7, 11) is 1.51. The number of methoxy groups -OCH3 is 1. The van der Waals surface area contributed by atoms with Crippen LogP contribution in [0.25, 0.3) is 6.08 Å². The van der Waals surface area contributed by atoms with E-state index in [2.05, 4.69) is 21.2 Å². The fraction of sp³-hybridized carbons (Fsp3) is 0.227. The van der Waals surface area contributed by atoms with Crippen molar-refractivity contribution in [3.63, 3.8) is 0 Å². The molecule has 0 bridgehead atoms. The molecule has 6 nitrogen and oxygen atoms in total. The number of nitrogens with one attached hydrogen (secondary N) is 1. The Morgan fingerprint density at radius 2 is 2.03 bits per heavy atom. The number of rotatable bonds is 8. The molecule has 3 rings (SSSR count). The van der Waals surface area contributed by atoms with Gasteiger partial charge in [0.25, 0.3) is 11.8 Å². The number of hydrogen-bond acceptors (Lipinski definition) is 6. The average molecular weight is 556 g/mol. The van der Waals surface area contributed by atoms with Gasteiger partial charge in [-0.3, -0.25) is 14.5 Å². The molecule has 1 aliphatic heterocycles. The molecule has 0 aromatic heterocycles. The Morgan fingerprint density at radius 1 is 1.31 bits per heavy atom. The van der Waals surface area contributed by atoms with Crippen molar-refractivity contribution in [1.82, 2.24) is 4.90 Å². The second kappa shape index (κ2) is 11.2. The number of thiocarbonyl (C=S) groups is 1. The van der Waals surface area contributed by atoms with Crippen LogP contribution in [0.4, 0.5) is 5.69 Å². The second-order valence-corrected chi connectivity index (χ2v) is 9.68. The highest BCUT2D eigenvalue weighted by molar-refractivity contribution is 9.10. The van der Waals surface area contributed by atoms with E-state index < -0.39 is 0 Å². The Kier molecular flexibility index (Phi) is 8.58. The number of halogens is 2. The summed E-state index contributed by atoms with van der Waals surface area (Å²) in [4.78, 5) is 27.0. The van der Waals surface area contributed by atoms with E-state index in [-0.39, 0.29) is 18.4 Å². The van der Waals surface area contributed by atoms with Crippen LogP contribution in [0.3, 0.4) is 0 Å². The largest absolute Gasteiger partial charge is 0.493 e. The van der Waals surface area contributed by atoms with Gasteiger partial charge in [0.2, 0.25) is 0 Å². The molecule has 1 aliphatic rings. The van der Waals surface area contributed by atoms with Gasteiger partial charge in [-0.25, -0.2) is 0 Å². The van der Waals surface area contributed by atoms with Crippen LogP contribution in [0.2, 0.25) is 5.02 Å². The van der Waals surface area contributed by atoms with Crippen molar-refractivity contribution >= 4 is 79.4 Å². The van der Waals surface area contributed by atoms with E-state index in [4.69, 9.17) is 33.3 Å². The van der Waals surface area contributed by atoms with Crippen molar-refractivity contribution in [1.29, 1.82) is 0 Å². The van der Waals surface area contributed by atoms with E-state index in [1.807, 2.05) is 6.92 Å².